The molecule has 23 heavy (non-hydrogen) atoms. The topological polar surface area (TPSA) is 87.8 Å². The fourth-order valence-electron chi connectivity index (χ4n) is 2.08. The van der Waals surface area contributed by atoms with E-state index >= 15 is 0 Å². The molecule has 0 saturated carbocycles. The molecule has 1 aromatic carbocycles. The summed E-state index contributed by atoms with van der Waals surface area (Å²) in [5.74, 6) is 0.306. The summed E-state index contributed by atoms with van der Waals surface area (Å²) < 4.78 is 17.5. The van der Waals surface area contributed by atoms with Crippen LogP contribution in [0.3, 0.4) is 0 Å². The number of hydrogen-bond acceptors (Lipinski definition) is 4. The number of fused-ring (bicyclic) bond motifs is 1. The van der Waals surface area contributed by atoms with Gasteiger partial charge in [-0.25, -0.2) is 4.98 Å². The number of pyridine rings is 1. The van der Waals surface area contributed by atoms with Crippen LogP contribution >= 0.6 is 0 Å². The van der Waals surface area contributed by atoms with Crippen LogP contribution in [-0.2, 0) is 16.6 Å². The maximum Gasteiger partial charge on any atom is 1.00 e. The largest absolute Gasteiger partial charge is 1.00 e. The molecule has 0 amide bonds. The van der Waals surface area contributed by atoms with E-state index < -0.39 is 10.8 Å². The first-order valence-corrected chi connectivity index (χ1v) is 7.58. The van der Waals surface area contributed by atoms with Crippen molar-refractivity contribution in [3.05, 3.63) is 52.4 Å². The van der Waals surface area contributed by atoms with E-state index in [1.807, 2.05) is 24.3 Å². The number of imidazole rings is 1. The molecule has 3 aromatic rings. The molecule has 9 heteroatoms. The zero-order valence-electron chi connectivity index (χ0n) is 15.3. The third-order valence-corrected chi connectivity index (χ3v) is 4.23. The molecule has 0 saturated heterocycles. The van der Waals surface area contributed by atoms with E-state index in [-0.39, 0.29) is 78.9 Å². The Morgan fingerprint density at radius 1 is 1.26 bits per heavy atom. The molecule has 0 spiro atoms. The minimum Gasteiger partial charge on any atom is -1.00 e. The smallest absolute Gasteiger partial charge is 1.00 e. The van der Waals surface area contributed by atoms with E-state index in [2.05, 4.69) is 15.0 Å². The van der Waals surface area contributed by atoms with Gasteiger partial charge in [0, 0.05) is 12.3 Å². The van der Waals surface area contributed by atoms with Gasteiger partial charge in [0.25, 0.3) is 0 Å². The number of nitrogens with zero attached hydrogens (tertiary/aromatic N) is 1. The molecule has 2 heterocycles. The van der Waals surface area contributed by atoms with E-state index in [0.29, 0.717) is 10.9 Å². The zero-order chi connectivity index (χ0) is 14.8. The summed E-state index contributed by atoms with van der Waals surface area (Å²) >= 11 is 0. The Hall–Kier alpha value is -0.410. The molecule has 1 unspecified atom stereocenters. The van der Waals surface area contributed by atoms with Crippen LogP contribution in [0.1, 0.15) is 8.55 Å². The van der Waals surface area contributed by atoms with Crippen molar-refractivity contribution in [1.29, 1.82) is 0 Å². The number of aromatic nitrogens is 3. The van der Waals surface area contributed by atoms with Crippen molar-refractivity contribution in [3.8, 4) is 5.75 Å². The number of para-hydroxylation sites is 2. The van der Waals surface area contributed by atoms with Crippen molar-refractivity contribution in [2.45, 2.75) is 10.9 Å². The van der Waals surface area contributed by atoms with Crippen LogP contribution in [0.25, 0.3) is 11.0 Å². The zero-order valence-corrected chi connectivity index (χ0v) is 18.1. The van der Waals surface area contributed by atoms with Crippen molar-refractivity contribution < 1.29 is 70.9 Å². The van der Waals surface area contributed by atoms with Crippen molar-refractivity contribution in [2.24, 2.45) is 0 Å². The number of rotatable bonds is 4. The molecule has 0 radical (unpaired) electrons. The fourth-order valence-corrected chi connectivity index (χ4v) is 3.11. The van der Waals surface area contributed by atoms with E-state index in [1.54, 1.807) is 0 Å². The first-order chi connectivity index (χ1) is 10.2. The monoisotopic (exact) mass is 351 g/mol. The predicted molar refractivity (Wildman–Crippen MR) is 82.0 cm³/mol. The van der Waals surface area contributed by atoms with Crippen molar-refractivity contribution in [1.82, 2.24) is 15.0 Å². The third-order valence-electron chi connectivity index (χ3n) is 3.05. The molecule has 3 rings (SSSR count). The SMILES string of the molecule is COc1c(CS(=O)c2nc3ccccc3[nH]2)[nH]ccc1=O.[H-].[H-].[Na+].[Na+]. The Labute approximate surface area is 182 Å². The van der Waals surface area contributed by atoms with Gasteiger partial charge in [0.15, 0.2) is 10.9 Å². The molecule has 0 aliphatic carbocycles. The van der Waals surface area contributed by atoms with Gasteiger partial charge in [-0.15, -0.1) is 0 Å². The molecule has 0 fully saturated rings. The molecular formula is C14H15N3Na2O3S. The second kappa shape index (κ2) is 9.17. The van der Waals surface area contributed by atoms with Gasteiger partial charge in [-0.1, -0.05) is 12.1 Å². The van der Waals surface area contributed by atoms with Crippen LogP contribution in [-0.4, -0.2) is 26.3 Å². The van der Waals surface area contributed by atoms with Crippen LogP contribution in [0.2, 0.25) is 0 Å². The Bertz CT molecular complexity index is 856. The summed E-state index contributed by atoms with van der Waals surface area (Å²) in [4.78, 5) is 21.9. The minimum atomic E-state index is -1.40. The second-order valence-corrected chi connectivity index (χ2v) is 5.77. The van der Waals surface area contributed by atoms with Gasteiger partial charge in [-0.3, -0.25) is 9.00 Å². The second-order valence-electron chi connectivity index (χ2n) is 4.40. The predicted octanol–water partition coefficient (Wildman–Crippen LogP) is -4.20. The number of benzene rings is 1. The molecule has 0 aliphatic rings. The Balaban J connectivity index is 0. The number of H-pyrrole nitrogens is 2. The van der Waals surface area contributed by atoms with Gasteiger partial charge in [-0.2, -0.15) is 0 Å². The summed E-state index contributed by atoms with van der Waals surface area (Å²) in [5.41, 5.74) is 1.83. The average molecular weight is 351 g/mol. The molecule has 1 atom stereocenters. The summed E-state index contributed by atoms with van der Waals surface area (Å²) in [6.07, 6.45) is 1.51. The van der Waals surface area contributed by atoms with Gasteiger partial charge >= 0.3 is 59.1 Å². The van der Waals surface area contributed by atoms with Crippen molar-refractivity contribution in [2.75, 3.05) is 7.11 Å². The molecule has 2 aromatic heterocycles. The van der Waals surface area contributed by atoms with Gasteiger partial charge in [0.2, 0.25) is 5.43 Å². The first kappa shape index (κ1) is 20.6. The van der Waals surface area contributed by atoms with Crippen LogP contribution < -0.4 is 69.3 Å². The summed E-state index contributed by atoms with van der Waals surface area (Å²) in [5, 5.41) is 0.378. The Morgan fingerprint density at radius 3 is 2.70 bits per heavy atom. The quantitative estimate of drug-likeness (QED) is 0.467. The number of hydrogen-bond donors (Lipinski definition) is 2. The van der Waals surface area contributed by atoms with Gasteiger partial charge in [0.05, 0.1) is 40.4 Å². The first-order valence-electron chi connectivity index (χ1n) is 6.26. The molecule has 112 valence electrons. The number of nitrogens with one attached hydrogen (secondary N) is 2. The van der Waals surface area contributed by atoms with Crippen LogP contribution in [0.15, 0.2) is 46.5 Å². The summed E-state index contributed by atoms with van der Waals surface area (Å²) in [6.45, 7) is 0. The number of methoxy groups -OCH3 is 1. The summed E-state index contributed by atoms with van der Waals surface area (Å²) in [6, 6.07) is 8.83. The number of aromatic amines is 2. The maximum absolute atomic E-state index is 12.4. The van der Waals surface area contributed by atoms with Crippen LogP contribution in [0, 0.1) is 0 Å². The standard InChI is InChI=1S/C14H13N3O3S.2Na.2H/c1-20-13-11(15-7-6-12(13)18)8-21(19)14-16-9-4-2-3-5-10(9)17-14;;;;/h2-7H,8H2,1H3,(H,15,18)(H,16,17);;;;/q;2*+1;2*-1. The molecule has 6 nitrogen and oxygen atoms in total. The maximum atomic E-state index is 12.4. The molecule has 0 bridgehead atoms. The Morgan fingerprint density at radius 2 is 2.00 bits per heavy atom. The normalized spacial score (nSPS) is 11.3. The van der Waals surface area contributed by atoms with E-state index in [0.717, 1.165) is 11.0 Å². The number of ether oxygens (including phenoxy) is 1. The van der Waals surface area contributed by atoms with Crippen LogP contribution in [0.5, 0.6) is 5.75 Å². The minimum absolute atomic E-state index is 0. The van der Waals surface area contributed by atoms with E-state index in [4.69, 9.17) is 4.74 Å². The van der Waals surface area contributed by atoms with Gasteiger partial charge < -0.3 is 17.6 Å². The third kappa shape index (κ3) is 4.57. The van der Waals surface area contributed by atoms with Crippen molar-refractivity contribution in [3.63, 3.8) is 0 Å². The van der Waals surface area contributed by atoms with Gasteiger partial charge in [0.1, 0.15) is 0 Å². The average Bonchev–Trinajstić information content (AvgIpc) is 2.91. The van der Waals surface area contributed by atoms with Crippen LogP contribution in [0.4, 0.5) is 0 Å². The summed E-state index contributed by atoms with van der Waals surface area (Å²) in [7, 11) is 0.0109. The fraction of sp³-hybridized carbons (Fsp3) is 0.143. The van der Waals surface area contributed by atoms with E-state index in [1.165, 1.54) is 19.4 Å². The van der Waals surface area contributed by atoms with Gasteiger partial charge in [-0.05, 0) is 12.1 Å². The molecule has 0 aliphatic heterocycles. The van der Waals surface area contributed by atoms with Crippen molar-refractivity contribution >= 4 is 21.8 Å². The van der Waals surface area contributed by atoms with E-state index in [9.17, 15) is 9.00 Å². The molecule has 2 N–H and O–H groups in total. The Kier molecular flexibility index (Phi) is 8.23. The molecular weight excluding hydrogens is 336 g/mol.